The van der Waals surface area contributed by atoms with E-state index in [1.807, 2.05) is 26.1 Å². The first-order valence-corrected chi connectivity index (χ1v) is 10.3. The second kappa shape index (κ2) is 8.57. The van der Waals surface area contributed by atoms with E-state index in [1.165, 1.54) is 0 Å². The number of nitrogens with one attached hydrogen (secondary N) is 3. The number of aryl methyl sites for hydroxylation is 2. The zero-order chi connectivity index (χ0) is 20.4. The lowest BCUT2D eigenvalue weighted by Crippen LogP contribution is -2.24. The van der Waals surface area contributed by atoms with Crippen molar-refractivity contribution in [2.75, 3.05) is 37.4 Å². The molecule has 2 aromatic heterocycles. The highest BCUT2D eigenvalue weighted by Crippen LogP contribution is 2.43. The minimum Gasteiger partial charge on any atom is -0.491 e. The maximum absolute atomic E-state index is 10.3. The first-order valence-electron chi connectivity index (χ1n) is 9.92. The quantitative estimate of drug-likeness (QED) is 0.609. The van der Waals surface area contributed by atoms with Crippen molar-refractivity contribution in [3.63, 3.8) is 0 Å². The lowest BCUT2D eigenvalue weighted by atomic mass is 9.97. The van der Waals surface area contributed by atoms with Gasteiger partial charge in [0.25, 0.3) is 0 Å². The van der Waals surface area contributed by atoms with Gasteiger partial charge < -0.3 is 25.8 Å². The topological polar surface area (TPSA) is 91.3 Å². The fraction of sp³-hybridized carbons (Fsp3) is 0.429. The van der Waals surface area contributed by atoms with Crippen LogP contribution in [-0.2, 0) is 6.42 Å². The summed E-state index contributed by atoms with van der Waals surface area (Å²) in [6.45, 7) is 3.81. The van der Waals surface area contributed by atoms with Gasteiger partial charge in [-0.15, -0.1) is 0 Å². The fourth-order valence-electron chi connectivity index (χ4n) is 3.76. The summed E-state index contributed by atoms with van der Waals surface area (Å²) in [7, 11) is 1.87. The maximum atomic E-state index is 10.3. The Hall–Kier alpha value is -2.35. The van der Waals surface area contributed by atoms with Crippen LogP contribution in [-0.4, -0.2) is 47.9 Å². The number of rotatable bonds is 4. The molecule has 7 nitrogen and oxygen atoms in total. The molecule has 0 saturated carbocycles. The maximum Gasteiger partial charge on any atom is 0.151 e. The van der Waals surface area contributed by atoms with Gasteiger partial charge in [-0.25, -0.2) is 9.97 Å². The van der Waals surface area contributed by atoms with Crippen molar-refractivity contribution in [2.45, 2.75) is 32.3 Å². The lowest BCUT2D eigenvalue weighted by molar-refractivity contribution is 0.180. The molecule has 4 N–H and O–H groups in total. The number of aliphatic hydroxyl groups excluding tert-OH is 1. The number of β-amino-alcohol motifs (C(OH)–C–C–N with tert-alkyl or cyclic N) is 1. The minimum absolute atomic E-state index is 0.472. The van der Waals surface area contributed by atoms with Gasteiger partial charge >= 0.3 is 0 Å². The van der Waals surface area contributed by atoms with Crippen molar-refractivity contribution in [1.82, 2.24) is 15.3 Å². The van der Waals surface area contributed by atoms with Crippen LogP contribution in [0.3, 0.4) is 0 Å². The van der Waals surface area contributed by atoms with Crippen molar-refractivity contribution < 1.29 is 9.84 Å². The van der Waals surface area contributed by atoms with E-state index in [1.54, 1.807) is 0 Å². The van der Waals surface area contributed by atoms with Crippen molar-refractivity contribution in [3.05, 3.63) is 40.2 Å². The van der Waals surface area contributed by atoms with Crippen molar-refractivity contribution in [3.8, 4) is 5.75 Å². The molecule has 0 aliphatic carbocycles. The van der Waals surface area contributed by atoms with Crippen molar-refractivity contribution in [1.29, 1.82) is 0 Å². The largest absolute Gasteiger partial charge is 0.491 e. The van der Waals surface area contributed by atoms with Crippen LogP contribution >= 0.6 is 11.6 Å². The van der Waals surface area contributed by atoms with Crippen molar-refractivity contribution in [2.24, 2.45) is 0 Å². The van der Waals surface area contributed by atoms with Gasteiger partial charge in [-0.1, -0.05) is 17.7 Å². The summed E-state index contributed by atoms with van der Waals surface area (Å²) >= 11 is 6.85. The van der Waals surface area contributed by atoms with E-state index in [4.69, 9.17) is 21.3 Å². The van der Waals surface area contributed by atoms with Crippen LogP contribution in [0.4, 0.5) is 17.3 Å². The number of hydrogen-bond donors (Lipinski definition) is 4. The van der Waals surface area contributed by atoms with E-state index in [0.717, 1.165) is 46.8 Å². The highest BCUT2D eigenvalue weighted by atomic mass is 35.5. The third-order valence-corrected chi connectivity index (χ3v) is 5.47. The molecule has 0 aromatic carbocycles. The number of halogens is 1. The summed E-state index contributed by atoms with van der Waals surface area (Å²) in [6.07, 6.45) is 3.85. The lowest BCUT2D eigenvalue weighted by Gasteiger charge is -2.24. The van der Waals surface area contributed by atoms with E-state index < -0.39 is 6.10 Å². The van der Waals surface area contributed by atoms with Crippen LogP contribution in [0.15, 0.2) is 18.2 Å². The molecule has 29 heavy (non-hydrogen) atoms. The number of aromatic nitrogens is 2. The Bertz CT molecular complexity index is 947. The van der Waals surface area contributed by atoms with Crippen LogP contribution in [0.25, 0.3) is 5.57 Å². The molecule has 4 heterocycles. The molecular formula is C21H26ClN5O2. The zero-order valence-corrected chi connectivity index (χ0v) is 17.4. The zero-order valence-electron chi connectivity index (χ0n) is 16.7. The molecule has 2 aromatic rings. The standard InChI is InChI=1S/C21H26ClN5O2/c1-12-8-14(23-2)10-17(25-12)27-21-19(22)18(13-5-6-24-11-15(28)9-13)20-16(26-21)4-3-7-29-20/h5,8,10,15,24,28H,3-4,6-7,9,11H2,1-2H3,(H2,23,25,26,27)/t15-/m1/s1. The SMILES string of the molecule is CNc1cc(C)nc(Nc2nc3c(c(C4=CCNC[C@H](O)C4)c2Cl)OCCC3)c1. The van der Waals surface area contributed by atoms with Crippen molar-refractivity contribution >= 4 is 34.5 Å². The molecule has 0 fully saturated rings. The summed E-state index contributed by atoms with van der Waals surface area (Å²) in [5, 5.41) is 20.4. The van der Waals surface area contributed by atoms with Crippen LogP contribution in [0, 0.1) is 6.92 Å². The average Bonchev–Trinajstić information content (AvgIpc) is 2.92. The number of anilines is 3. The second-order valence-corrected chi connectivity index (χ2v) is 7.76. The molecule has 0 amide bonds. The number of aliphatic hydroxyl groups is 1. The summed E-state index contributed by atoms with van der Waals surface area (Å²) in [5.41, 5.74) is 4.52. The third kappa shape index (κ3) is 4.32. The molecule has 0 radical (unpaired) electrons. The van der Waals surface area contributed by atoms with Gasteiger partial charge in [0.15, 0.2) is 5.82 Å². The molecule has 2 aliphatic heterocycles. The highest BCUT2D eigenvalue weighted by molar-refractivity contribution is 6.35. The average molecular weight is 416 g/mol. The van der Waals surface area contributed by atoms with Gasteiger partial charge in [0.05, 0.1) is 23.4 Å². The number of fused-ring (bicyclic) bond motifs is 1. The first kappa shape index (κ1) is 19.9. The summed E-state index contributed by atoms with van der Waals surface area (Å²) in [6, 6.07) is 3.89. The predicted molar refractivity (Wildman–Crippen MR) is 116 cm³/mol. The summed E-state index contributed by atoms with van der Waals surface area (Å²) in [4.78, 5) is 9.31. The monoisotopic (exact) mass is 415 g/mol. The Kier molecular flexibility index (Phi) is 5.89. The number of pyridine rings is 2. The Morgan fingerprint density at radius 2 is 2.17 bits per heavy atom. The molecule has 0 spiro atoms. The second-order valence-electron chi connectivity index (χ2n) is 7.38. The van der Waals surface area contributed by atoms with Gasteiger partial charge in [-0.3, -0.25) is 0 Å². The Labute approximate surface area is 175 Å². The fourth-order valence-corrected chi connectivity index (χ4v) is 4.06. The van der Waals surface area contributed by atoms with Crippen LogP contribution < -0.4 is 20.7 Å². The smallest absolute Gasteiger partial charge is 0.151 e. The van der Waals surface area contributed by atoms with Gasteiger partial charge in [-0.2, -0.15) is 0 Å². The van der Waals surface area contributed by atoms with E-state index in [-0.39, 0.29) is 0 Å². The Morgan fingerprint density at radius 1 is 1.31 bits per heavy atom. The Morgan fingerprint density at radius 3 is 3.00 bits per heavy atom. The van der Waals surface area contributed by atoms with Gasteiger partial charge in [0.1, 0.15) is 11.6 Å². The third-order valence-electron chi connectivity index (χ3n) is 5.11. The molecule has 8 heteroatoms. The van der Waals surface area contributed by atoms with E-state index in [2.05, 4.69) is 27.0 Å². The molecule has 2 aliphatic rings. The molecule has 1 atom stereocenters. The molecule has 0 bridgehead atoms. The number of nitrogens with zero attached hydrogens (tertiary/aromatic N) is 2. The number of ether oxygens (including phenoxy) is 1. The number of hydrogen-bond acceptors (Lipinski definition) is 7. The molecule has 0 unspecified atom stereocenters. The van der Waals surface area contributed by atoms with Gasteiger partial charge in [0.2, 0.25) is 0 Å². The van der Waals surface area contributed by atoms with E-state index in [9.17, 15) is 5.11 Å². The van der Waals surface area contributed by atoms with Crippen LogP contribution in [0.5, 0.6) is 5.75 Å². The molecule has 0 saturated heterocycles. The van der Waals surface area contributed by atoms with E-state index in [0.29, 0.717) is 42.8 Å². The summed E-state index contributed by atoms with van der Waals surface area (Å²) < 4.78 is 5.98. The molecule has 4 rings (SSSR count). The van der Waals surface area contributed by atoms with Crippen LogP contribution in [0.2, 0.25) is 5.02 Å². The molecular weight excluding hydrogens is 390 g/mol. The van der Waals surface area contributed by atoms with E-state index >= 15 is 0 Å². The predicted octanol–water partition coefficient (Wildman–Crippen LogP) is 3.29. The van der Waals surface area contributed by atoms with Crippen LogP contribution in [0.1, 0.15) is 29.8 Å². The minimum atomic E-state index is -0.472. The molecule has 154 valence electrons. The van der Waals surface area contributed by atoms with Gasteiger partial charge in [-0.05, 0) is 31.4 Å². The normalized spacial score (nSPS) is 18.9. The summed E-state index contributed by atoms with van der Waals surface area (Å²) in [5.74, 6) is 1.96. The highest BCUT2D eigenvalue weighted by Gasteiger charge is 2.26. The first-order chi connectivity index (χ1) is 14.0. The van der Waals surface area contributed by atoms with Gasteiger partial charge in [0, 0.05) is 49.6 Å². The Balaban J connectivity index is 1.79.